The first-order valence-corrected chi connectivity index (χ1v) is 12.5. The van der Waals surface area contributed by atoms with Crippen molar-refractivity contribution in [2.24, 2.45) is 0 Å². The summed E-state index contributed by atoms with van der Waals surface area (Å²) in [6.07, 6.45) is 13.4. The van der Waals surface area contributed by atoms with E-state index in [1.165, 1.54) is 38.5 Å². The predicted octanol–water partition coefficient (Wildman–Crippen LogP) is 5.98. The van der Waals surface area contributed by atoms with Gasteiger partial charge in [0, 0.05) is 7.92 Å². The van der Waals surface area contributed by atoms with Crippen LogP contribution in [0.5, 0.6) is 0 Å². The second-order valence-corrected chi connectivity index (χ2v) is 9.47. The Bertz CT molecular complexity index is 96.2. The number of unbranched alkanes of at least 4 members (excludes halogenated alkanes) is 3. The SMILES string of the molecule is CCCC[PH+](CCCC)CCCC.[Cl][Pd][Cl]. The van der Waals surface area contributed by atoms with E-state index in [0.717, 1.165) is 0 Å². The van der Waals surface area contributed by atoms with E-state index in [9.17, 15) is 0 Å². The summed E-state index contributed by atoms with van der Waals surface area (Å²) in [5, 5.41) is 0. The van der Waals surface area contributed by atoms with Crippen molar-refractivity contribution in [2.75, 3.05) is 18.5 Å². The Morgan fingerprint density at radius 1 is 0.750 bits per heavy atom. The van der Waals surface area contributed by atoms with Crippen molar-refractivity contribution in [2.45, 2.75) is 59.3 Å². The average Bonchev–Trinajstić information content (AvgIpc) is 2.29. The number of hydrogen-bond donors (Lipinski definition) is 0. The van der Waals surface area contributed by atoms with Gasteiger partial charge in [0.15, 0.2) is 0 Å². The molecule has 0 aliphatic heterocycles. The summed E-state index contributed by atoms with van der Waals surface area (Å²) in [6, 6.07) is 0. The standard InChI is InChI=1S/C12H27P.2ClH.Pd/c1-4-7-10-13(11-8-5-2)12-9-6-3;;;/h4-12H2,1-3H3;2*1H;/q;;;+2/p-1. The number of rotatable bonds is 9. The normalized spacial score (nSPS) is 10.4. The molecule has 0 fully saturated rings. The second kappa shape index (κ2) is 19.0. The van der Waals surface area contributed by atoms with E-state index in [1.54, 1.807) is 18.5 Å². The number of halogens is 2. The molecule has 4 heteroatoms. The minimum atomic E-state index is -0.106. The molecule has 0 unspecified atom stereocenters. The van der Waals surface area contributed by atoms with Gasteiger partial charge in [-0.15, -0.1) is 0 Å². The van der Waals surface area contributed by atoms with Crippen LogP contribution < -0.4 is 0 Å². The summed E-state index contributed by atoms with van der Waals surface area (Å²) in [4.78, 5) is 0. The molecule has 0 rings (SSSR count). The molecule has 104 valence electrons. The van der Waals surface area contributed by atoms with E-state index in [-0.39, 0.29) is 23.9 Å². The molecule has 0 bridgehead atoms. The first-order valence-electron chi connectivity index (χ1n) is 6.42. The fourth-order valence-corrected chi connectivity index (χ4v) is 4.97. The van der Waals surface area contributed by atoms with E-state index >= 15 is 0 Å². The molecule has 0 atom stereocenters. The van der Waals surface area contributed by atoms with Crippen LogP contribution in [0.25, 0.3) is 0 Å². The summed E-state index contributed by atoms with van der Waals surface area (Å²) in [5.41, 5.74) is 0. The monoisotopic (exact) mass is 379 g/mol. The molecule has 0 saturated heterocycles. The van der Waals surface area contributed by atoms with Gasteiger partial charge < -0.3 is 0 Å². The van der Waals surface area contributed by atoms with E-state index in [1.807, 2.05) is 0 Å². The molecular formula is C12H28Cl2PPd+. The van der Waals surface area contributed by atoms with Crippen molar-refractivity contribution in [3.05, 3.63) is 0 Å². The van der Waals surface area contributed by atoms with Gasteiger partial charge in [0.2, 0.25) is 0 Å². The third-order valence-corrected chi connectivity index (χ3v) is 5.83. The van der Waals surface area contributed by atoms with Crippen LogP contribution in [0.2, 0.25) is 0 Å². The van der Waals surface area contributed by atoms with Crippen molar-refractivity contribution in [3.63, 3.8) is 0 Å². The van der Waals surface area contributed by atoms with Gasteiger partial charge in [-0.2, -0.15) is 0 Å². The molecular weight excluding hydrogens is 352 g/mol. The Morgan fingerprint density at radius 3 is 1.19 bits per heavy atom. The molecule has 0 aromatic carbocycles. The van der Waals surface area contributed by atoms with E-state index in [0.29, 0.717) is 0 Å². The minimum absolute atomic E-state index is 0.0675. The van der Waals surface area contributed by atoms with Crippen molar-refractivity contribution >= 4 is 27.0 Å². The van der Waals surface area contributed by atoms with Crippen molar-refractivity contribution in [3.8, 4) is 0 Å². The Kier molecular flexibility index (Phi) is 23.8. The molecule has 0 amide bonds. The summed E-state index contributed by atoms with van der Waals surface area (Å²) >= 11 is -0.106. The Balaban J connectivity index is 0. The third kappa shape index (κ3) is 18.0. The summed E-state index contributed by atoms with van der Waals surface area (Å²) in [6.45, 7) is 6.96. The van der Waals surface area contributed by atoms with Gasteiger partial charge in [0.05, 0.1) is 18.5 Å². The fourth-order valence-electron chi connectivity index (χ4n) is 1.66. The molecule has 0 radical (unpaired) electrons. The Hall–Kier alpha value is 1.67. The molecule has 0 aliphatic carbocycles. The van der Waals surface area contributed by atoms with Crippen molar-refractivity contribution < 1.29 is 15.9 Å². The van der Waals surface area contributed by atoms with Gasteiger partial charge in [-0.1, -0.05) is 40.0 Å². The zero-order valence-electron chi connectivity index (χ0n) is 10.9. The van der Waals surface area contributed by atoms with E-state index in [4.69, 9.17) is 19.1 Å². The molecule has 0 aromatic heterocycles. The molecule has 0 heterocycles. The van der Waals surface area contributed by atoms with Crippen LogP contribution >= 0.6 is 27.0 Å². The summed E-state index contributed by atoms with van der Waals surface area (Å²) in [5.74, 6) is 0. The maximum absolute atomic E-state index is 4.81. The maximum atomic E-state index is 4.81. The van der Waals surface area contributed by atoms with Crippen LogP contribution in [0.1, 0.15) is 59.3 Å². The van der Waals surface area contributed by atoms with E-state index < -0.39 is 0 Å². The molecule has 0 saturated carbocycles. The molecule has 0 aliphatic rings. The van der Waals surface area contributed by atoms with Crippen molar-refractivity contribution in [1.82, 2.24) is 0 Å². The van der Waals surface area contributed by atoms with Crippen LogP contribution in [-0.4, -0.2) is 18.5 Å². The van der Waals surface area contributed by atoms with Crippen LogP contribution in [0, 0.1) is 0 Å². The zero-order valence-corrected chi connectivity index (χ0v) is 15.0. The van der Waals surface area contributed by atoms with Crippen LogP contribution in [-0.2, 0) is 15.9 Å². The van der Waals surface area contributed by atoms with Crippen LogP contribution in [0.3, 0.4) is 0 Å². The fraction of sp³-hybridized carbons (Fsp3) is 1.00. The van der Waals surface area contributed by atoms with Gasteiger partial charge >= 0.3 is 35.0 Å². The molecule has 0 aromatic rings. The van der Waals surface area contributed by atoms with Gasteiger partial charge in [-0.25, -0.2) is 0 Å². The predicted molar refractivity (Wildman–Crippen MR) is 79.3 cm³/mol. The quantitative estimate of drug-likeness (QED) is 0.341. The molecule has 0 N–H and O–H groups in total. The Morgan fingerprint density at radius 2 is 1.00 bits per heavy atom. The zero-order chi connectivity index (χ0) is 12.6. The van der Waals surface area contributed by atoms with Crippen LogP contribution in [0.4, 0.5) is 0 Å². The molecule has 0 spiro atoms. The van der Waals surface area contributed by atoms with Crippen LogP contribution in [0.15, 0.2) is 0 Å². The topological polar surface area (TPSA) is 0 Å². The van der Waals surface area contributed by atoms with E-state index in [2.05, 4.69) is 20.8 Å². The van der Waals surface area contributed by atoms with Gasteiger partial charge in [-0.3, -0.25) is 0 Å². The summed E-state index contributed by atoms with van der Waals surface area (Å²) < 4.78 is 0. The average molecular weight is 381 g/mol. The third-order valence-electron chi connectivity index (χ3n) is 2.65. The van der Waals surface area contributed by atoms with Gasteiger partial charge in [0.1, 0.15) is 0 Å². The van der Waals surface area contributed by atoms with Gasteiger partial charge in [-0.05, 0) is 19.3 Å². The molecule has 16 heavy (non-hydrogen) atoms. The first kappa shape index (κ1) is 20.0. The second-order valence-electron chi connectivity index (χ2n) is 4.11. The Labute approximate surface area is 120 Å². The number of hydrogen-bond acceptors (Lipinski definition) is 0. The van der Waals surface area contributed by atoms with Crippen molar-refractivity contribution in [1.29, 1.82) is 0 Å². The first-order chi connectivity index (χ1) is 7.76. The summed E-state index contributed by atoms with van der Waals surface area (Å²) in [7, 11) is 9.70. The van der Waals surface area contributed by atoms with Gasteiger partial charge in [0.25, 0.3) is 0 Å². The molecule has 0 nitrogen and oxygen atoms in total.